The maximum atomic E-state index is 11.1. The molecule has 1 heterocycles. The summed E-state index contributed by atoms with van der Waals surface area (Å²) < 4.78 is 4.53. The van der Waals surface area contributed by atoms with Gasteiger partial charge >= 0.3 is 5.97 Å². The highest BCUT2D eigenvalue weighted by atomic mass is 16.7. The van der Waals surface area contributed by atoms with Crippen molar-refractivity contribution in [2.24, 2.45) is 10.6 Å². The number of methoxy groups -OCH3 is 1. The van der Waals surface area contributed by atoms with Gasteiger partial charge in [-0.2, -0.15) is 0 Å². The Bertz CT molecular complexity index is 280. The number of ether oxygens (including phenoxy) is 1. The molecular formula is C10H17NO4. The lowest BCUT2D eigenvalue weighted by atomic mass is 9.85. The molecule has 0 saturated heterocycles. The summed E-state index contributed by atoms with van der Waals surface area (Å²) in [4.78, 5) is 16.0. The van der Waals surface area contributed by atoms with Crippen LogP contribution >= 0.6 is 0 Å². The highest BCUT2D eigenvalue weighted by Gasteiger charge is 2.36. The van der Waals surface area contributed by atoms with Crippen molar-refractivity contribution in [3.63, 3.8) is 0 Å². The molecule has 5 heteroatoms. The summed E-state index contributed by atoms with van der Waals surface area (Å²) in [6.45, 7) is 5.68. The van der Waals surface area contributed by atoms with E-state index in [0.29, 0.717) is 12.1 Å². The van der Waals surface area contributed by atoms with Crippen LogP contribution in [0.15, 0.2) is 5.16 Å². The van der Waals surface area contributed by atoms with Crippen molar-refractivity contribution >= 4 is 11.7 Å². The summed E-state index contributed by atoms with van der Waals surface area (Å²) in [5, 5.41) is 13.6. The average Bonchev–Trinajstić information content (AvgIpc) is 2.62. The molecule has 0 unspecified atom stereocenters. The van der Waals surface area contributed by atoms with Crippen molar-refractivity contribution in [2.45, 2.75) is 39.4 Å². The van der Waals surface area contributed by atoms with E-state index in [-0.39, 0.29) is 5.41 Å². The van der Waals surface area contributed by atoms with Gasteiger partial charge in [-0.15, -0.1) is 0 Å². The molecule has 1 N–H and O–H groups in total. The van der Waals surface area contributed by atoms with Crippen molar-refractivity contribution in [3.05, 3.63) is 0 Å². The molecular weight excluding hydrogens is 198 g/mol. The second kappa shape index (κ2) is 4.18. The molecule has 0 aromatic rings. The molecule has 86 valence electrons. The maximum absolute atomic E-state index is 11.1. The number of aliphatic hydroxyl groups is 1. The van der Waals surface area contributed by atoms with E-state index in [0.717, 1.165) is 0 Å². The second-order valence-electron chi connectivity index (χ2n) is 4.67. The summed E-state index contributed by atoms with van der Waals surface area (Å²) in [6.07, 6.45) is -1.11. The predicted octanol–water partition coefficient (Wildman–Crippen LogP) is 0.711. The molecule has 0 amide bonds. The first kappa shape index (κ1) is 12.0. The van der Waals surface area contributed by atoms with Gasteiger partial charge < -0.3 is 14.7 Å². The van der Waals surface area contributed by atoms with E-state index in [4.69, 9.17) is 4.84 Å². The van der Waals surface area contributed by atoms with E-state index < -0.39 is 18.2 Å². The first-order valence-electron chi connectivity index (χ1n) is 4.84. The summed E-state index contributed by atoms with van der Waals surface area (Å²) in [5.41, 5.74) is 0.186. The lowest BCUT2D eigenvalue weighted by Crippen LogP contribution is -2.35. The smallest absolute Gasteiger partial charge is 0.350 e. The summed E-state index contributed by atoms with van der Waals surface area (Å²) in [6, 6.07) is 0. The van der Waals surface area contributed by atoms with E-state index in [1.54, 1.807) is 0 Å². The van der Waals surface area contributed by atoms with Crippen LogP contribution in [0.3, 0.4) is 0 Å². The number of nitrogens with zero attached hydrogens (tertiary/aromatic N) is 1. The van der Waals surface area contributed by atoms with Gasteiger partial charge in [0.1, 0.15) is 6.10 Å². The van der Waals surface area contributed by atoms with Crippen LogP contribution in [0, 0.1) is 5.41 Å². The predicted molar refractivity (Wildman–Crippen MR) is 54.4 cm³/mol. The maximum Gasteiger partial charge on any atom is 0.350 e. The number of hydrogen-bond acceptors (Lipinski definition) is 5. The molecule has 0 aromatic heterocycles. The normalized spacial score (nSPS) is 23.0. The van der Waals surface area contributed by atoms with Gasteiger partial charge in [-0.1, -0.05) is 25.9 Å². The van der Waals surface area contributed by atoms with Crippen molar-refractivity contribution in [1.82, 2.24) is 0 Å². The first-order chi connectivity index (χ1) is 6.86. The Morgan fingerprint density at radius 3 is 2.73 bits per heavy atom. The number of carbonyl (C=O) groups excluding carboxylic acids is 1. The fourth-order valence-corrected chi connectivity index (χ4v) is 1.32. The molecule has 0 bridgehead atoms. The molecule has 5 nitrogen and oxygen atoms in total. The molecule has 2 atom stereocenters. The molecule has 0 fully saturated rings. The fraction of sp³-hybridized carbons (Fsp3) is 0.800. The largest absolute Gasteiger partial charge is 0.466 e. The van der Waals surface area contributed by atoms with Crippen LogP contribution in [0.5, 0.6) is 0 Å². The van der Waals surface area contributed by atoms with E-state index in [9.17, 15) is 9.90 Å². The highest BCUT2D eigenvalue weighted by molar-refractivity contribution is 5.94. The van der Waals surface area contributed by atoms with Gasteiger partial charge in [-0.05, 0) is 5.41 Å². The van der Waals surface area contributed by atoms with Crippen LogP contribution in [0.25, 0.3) is 0 Å². The Kier molecular flexibility index (Phi) is 3.34. The Hall–Kier alpha value is -1.10. The summed E-state index contributed by atoms with van der Waals surface area (Å²) in [7, 11) is 1.30. The van der Waals surface area contributed by atoms with Crippen LogP contribution in [-0.4, -0.2) is 36.1 Å². The van der Waals surface area contributed by atoms with E-state index in [1.165, 1.54) is 7.11 Å². The Morgan fingerprint density at radius 1 is 1.67 bits per heavy atom. The fourth-order valence-electron chi connectivity index (χ4n) is 1.32. The van der Waals surface area contributed by atoms with Crippen LogP contribution in [0.4, 0.5) is 0 Å². The van der Waals surface area contributed by atoms with Crippen molar-refractivity contribution in [2.75, 3.05) is 7.11 Å². The van der Waals surface area contributed by atoms with Crippen molar-refractivity contribution < 1.29 is 19.5 Å². The monoisotopic (exact) mass is 215 g/mol. The third kappa shape index (κ3) is 2.68. The molecule has 0 saturated carbocycles. The van der Waals surface area contributed by atoms with Gasteiger partial charge in [0.2, 0.25) is 6.10 Å². The minimum absolute atomic E-state index is 0.297. The second-order valence-corrected chi connectivity index (χ2v) is 4.67. The third-order valence-corrected chi connectivity index (χ3v) is 2.29. The minimum Gasteiger partial charge on any atom is -0.466 e. The molecule has 1 aliphatic rings. The van der Waals surface area contributed by atoms with Crippen LogP contribution in [-0.2, 0) is 14.4 Å². The summed E-state index contributed by atoms with van der Waals surface area (Å²) in [5.74, 6) is -0.463. The zero-order chi connectivity index (χ0) is 11.6. The Morgan fingerprint density at radius 2 is 2.27 bits per heavy atom. The van der Waals surface area contributed by atoms with Gasteiger partial charge in [0.15, 0.2) is 0 Å². The molecule has 1 rings (SSSR count). The Labute approximate surface area is 89.1 Å². The van der Waals surface area contributed by atoms with Gasteiger partial charge in [0.05, 0.1) is 12.8 Å². The number of aliphatic hydroxyl groups excluding tert-OH is 1. The van der Waals surface area contributed by atoms with Crippen LogP contribution < -0.4 is 0 Å². The molecule has 0 radical (unpaired) electrons. The van der Waals surface area contributed by atoms with E-state index in [2.05, 4.69) is 9.89 Å². The Balaban J connectivity index is 2.60. The molecule has 0 spiro atoms. The van der Waals surface area contributed by atoms with Crippen molar-refractivity contribution in [1.29, 1.82) is 0 Å². The van der Waals surface area contributed by atoms with Crippen LogP contribution in [0.2, 0.25) is 0 Å². The lowest BCUT2D eigenvalue weighted by Gasteiger charge is -2.24. The van der Waals surface area contributed by atoms with Gasteiger partial charge in [0, 0.05) is 6.42 Å². The topological polar surface area (TPSA) is 68.1 Å². The third-order valence-electron chi connectivity index (χ3n) is 2.29. The highest BCUT2D eigenvalue weighted by Crippen LogP contribution is 2.25. The number of hydrogen-bond donors (Lipinski definition) is 1. The lowest BCUT2D eigenvalue weighted by molar-refractivity contribution is -0.152. The molecule has 0 aliphatic carbocycles. The van der Waals surface area contributed by atoms with E-state index in [1.807, 2.05) is 20.8 Å². The number of oxime groups is 1. The van der Waals surface area contributed by atoms with Crippen LogP contribution in [0.1, 0.15) is 27.2 Å². The first-order valence-corrected chi connectivity index (χ1v) is 4.84. The number of rotatable bonds is 2. The summed E-state index contributed by atoms with van der Waals surface area (Å²) >= 11 is 0. The molecule has 1 aliphatic heterocycles. The standard InChI is InChI=1S/C10H17NO4/c1-10(2,3)8(12)6-5-7(15-11-6)9(13)14-4/h7-8,12H,5H2,1-4H3/t7-,8+/m1/s1. The number of esters is 1. The molecule has 0 aromatic carbocycles. The SMILES string of the molecule is COC(=O)[C@H]1CC([C@H](O)C(C)(C)C)=NO1. The number of carbonyl (C=O) groups is 1. The zero-order valence-electron chi connectivity index (χ0n) is 9.48. The van der Waals surface area contributed by atoms with Crippen molar-refractivity contribution in [3.8, 4) is 0 Å². The molecule has 15 heavy (non-hydrogen) atoms. The zero-order valence-corrected chi connectivity index (χ0v) is 9.48. The minimum atomic E-state index is -0.706. The van der Waals surface area contributed by atoms with E-state index >= 15 is 0 Å². The van der Waals surface area contributed by atoms with Gasteiger partial charge in [-0.25, -0.2) is 4.79 Å². The quantitative estimate of drug-likeness (QED) is 0.689. The van der Waals surface area contributed by atoms with Gasteiger partial charge in [0.25, 0.3) is 0 Å². The van der Waals surface area contributed by atoms with Gasteiger partial charge in [-0.3, -0.25) is 0 Å². The average molecular weight is 215 g/mol.